The molecule has 2 unspecified atom stereocenters. The van der Waals surface area contributed by atoms with Gasteiger partial charge < -0.3 is 16.0 Å². The second kappa shape index (κ2) is 8.74. The summed E-state index contributed by atoms with van der Waals surface area (Å²) in [4.78, 5) is 27.3. The van der Waals surface area contributed by atoms with Crippen LogP contribution in [0.2, 0.25) is 5.02 Å². The topological polar surface area (TPSA) is 75.4 Å². The highest BCUT2D eigenvalue weighted by Crippen LogP contribution is 2.29. The number of nitrogens with one attached hydrogen (secondary N) is 1. The quantitative estimate of drug-likeness (QED) is 0.816. The Balaban J connectivity index is 0.00000261. The Hall–Kier alpha value is -2.08. The molecule has 3 rings (SSSR count). The van der Waals surface area contributed by atoms with Crippen LogP contribution in [0.15, 0.2) is 54.6 Å². The van der Waals surface area contributed by atoms with Crippen molar-refractivity contribution in [3.8, 4) is 0 Å². The largest absolute Gasteiger partial charge is 0.342 e. The Morgan fingerprint density at radius 1 is 1.19 bits per heavy atom. The van der Waals surface area contributed by atoms with E-state index < -0.39 is 11.6 Å². The number of carbonyl (C=O) groups is 2. The molecule has 0 saturated carbocycles. The molecule has 2 atom stereocenters. The molecule has 5 nitrogen and oxygen atoms in total. The molecule has 1 heterocycles. The second-order valence-corrected chi connectivity index (χ2v) is 7.09. The van der Waals surface area contributed by atoms with E-state index in [1.807, 2.05) is 30.3 Å². The summed E-state index contributed by atoms with van der Waals surface area (Å²) in [6.45, 7) is 2.23. The van der Waals surface area contributed by atoms with Crippen molar-refractivity contribution in [3.63, 3.8) is 0 Å². The molecule has 7 heteroatoms. The molecular formula is C20H23Cl2N3O2. The lowest BCUT2D eigenvalue weighted by Gasteiger charge is -2.35. The summed E-state index contributed by atoms with van der Waals surface area (Å²) in [7, 11) is 0. The SMILES string of the molecule is CC(N)(C(=O)NC1CCCN(c2ccccc2Cl)C1=O)c1ccccc1.Cl. The van der Waals surface area contributed by atoms with Gasteiger partial charge in [-0.2, -0.15) is 0 Å². The van der Waals surface area contributed by atoms with E-state index in [2.05, 4.69) is 5.32 Å². The van der Waals surface area contributed by atoms with Crippen molar-refractivity contribution in [2.75, 3.05) is 11.4 Å². The Labute approximate surface area is 170 Å². The summed E-state index contributed by atoms with van der Waals surface area (Å²) in [6.07, 6.45) is 1.35. The van der Waals surface area contributed by atoms with E-state index in [1.54, 1.807) is 36.1 Å². The monoisotopic (exact) mass is 407 g/mol. The van der Waals surface area contributed by atoms with Gasteiger partial charge in [-0.3, -0.25) is 9.59 Å². The van der Waals surface area contributed by atoms with Crippen LogP contribution < -0.4 is 16.0 Å². The molecular weight excluding hydrogens is 385 g/mol. The van der Waals surface area contributed by atoms with Gasteiger partial charge in [-0.15, -0.1) is 12.4 Å². The highest BCUT2D eigenvalue weighted by molar-refractivity contribution is 6.33. The molecule has 1 fully saturated rings. The number of hydrogen-bond acceptors (Lipinski definition) is 3. The first-order chi connectivity index (χ1) is 12.4. The Morgan fingerprint density at radius 3 is 2.48 bits per heavy atom. The predicted octanol–water partition coefficient (Wildman–Crippen LogP) is 3.25. The van der Waals surface area contributed by atoms with Crippen LogP contribution in [-0.2, 0) is 15.1 Å². The van der Waals surface area contributed by atoms with Gasteiger partial charge in [0.05, 0.1) is 10.7 Å². The lowest BCUT2D eigenvalue weighted by molar-refractivity contribution is -0.131. The maximum Gasteiger partial charge on any atom is 0.249 e. The van der Waals surface area contributed by atoms with Crippen LogP contribution in [0.4, 0.5) is 5.69 Å². The Bertz CT molecular complexity index is 812. The molecule has 2 aromatic carbocycles. The fraction of sp³-hybridized carbons (Fsp3) is 0.300. The number of piperidine rings is 1. The van der Waals surface area contributed by atoms with Crippen LogP contribution in [0.5, 0.6) is 0 Å². The summed E-state index contributed by atoms with van der Waals surface area (Å²) < 4.78 is 0. The molecule has 0 bridgehead atoms. The number of nitrogens with zero attached hydrogens (tertiary/aromatic N) is 1. The maximum atomic E-state index is 12.9. The molecule has 3 N–H and O–H groups in total. The lowest BCUT2D eigenvalue weighted by atomic mass is 9.91. The minimum atomic E-state index is -1.21. The molecule has 0 spiro atoms. The minimum Gasteiger partial charge on any atom is -0.342 e. The highest BCUT2D eigenvalue weighted by Gasteiger charge is 2.36. The molecule has 0 aromatic heterocycles. The van der Waals surface area contributed by atoms with Crippen LogP contribution in [0.25, 0.3) is 0 Å². The first kappa shape index (κ1) is 21.2. The zero-order valence-corrected chi connectivity index (χ0v) is 16.6. The fourth-order valence-corrected chi connectivity index (χ4v) is 3.38. The number of rotatable bonds is 4. The van der Waals surface area contributed by atoms with Crippen LogP contribution in [0.3, 0.4) is 0 Å². The Morgan fingerprint density at radius 2 is 1.81 bits per heavy atom. The number of carbonyl (C=O) groups excluding carboxylic acids is 2. The van der Waals surface area contributed by atoms with Crippen molar-refractivity contribution in [2.24, 2.45) is 5.73 Å². The second-order valence-electron chi connectivity index (χ2n) is 6.68. The van der Waals surface area contributed by atoms with Gasteiger partial charge in [0, 0.05) is 6.54 Å². The summed E-state index contributed by atoms with van der Waals surface area (Å²) in [5.74, 6) is -0.537. The average molecular weight is 408 g/mol. The van der Waals surface area contributed by atoms with E-state index in [1.165, 1.54) is 0 Å². The number of nitrogens with two attached hydrogens (primary N) is 1. The van der Waals surface area contributed by atoms with Crippen LogP contribution in [0.1, 0.15) is 25.3 Å². The van der Waals surface area contributed by atoms with Gasteiger partial charge in [0.2, 0.25) is 11.8 Å². The molecule has 2 aromatic rings. The van der Waals surface area contributed by atoms with Gasteiger partial charge in [0.1, 0.15) is 11.6 Å². The summed E-state index contributed by atoms with van der Waals surface area (Å²) >= 11 is 6.23. The van der Waals surface area contributed by atoms with Gasteiger partial charge in [-0.05, 0) is 37.5 Å². The minimum absolute atomic E-state index is 0. The van der Waals surface area contributed by atoms with Crippen molar-refractivity contribution in [1.29, 1.82) is 0 Å². The van der Waals surface area contributed by atoms with Crippen molar-refractivity contribution in [1.82, 2.24) is 5.32 Å². The first-order valence-electron chi connectivity index (χ1n) is 8.62. The number of halogens is 2. The third-order valence-corrected chi connectivity index (χ3v) is 5.05. The van der Waals surface area contributed by atoms with Gasteiger partial charge >= 0.3 is 0 Å². The fourth-order valence-electron chi connectivity index (χ4n) is 3.14. The molecule has 1 aliphatic heterocycles. The van der Waals surface area contributed by atoms with Gasteiger partial charge in [-0.1, -0.05) is 54.1 Å². The summed E-state index contributed by atoms with van der Waals surface area (Å²) in [5.41, 5.74) is 6.40. The molecule has 27 heavy (non-hydrogen) atoms. The van der Waals surface area contributed by atoms with Crippen molar-refractivity contribution >= 4 is 41.5 Å². The number of para-hydroxylation sites is 1. The zero-order chi connectivity index (χ0) is 18.7. The summed E-state index contributed by atoms with van der Waals surface area (Å²) in [6, 6.07) is 15.7. The first-order valence-corrected chi connectivity index (χ1v) is 9.00. The molecule has 1 saturated heterocycles. The number of benzene rings is 2. The highest BCUT2D eigenvalue weighted by atomic mass is 35.5. The van der Waals surface area contributed by atoms with Crippen LogP contribution in [0, 0.1) is 0 Å². The zero-order valence-electron chi connectivity index (χ0n) is 15.0. The molecule has 0 aliphatic carbocycles. The van der Waals surface area contributed by atoms with E-state index in [9.17, 15) is 9.59 Å². The molecule has 144 valence electrons. The van der Waals surface area contributed by atoms with E-state index in [4.69, 9.17) is 17.3 Å². The maximum absolute atomic E-state index is 12.9. The van der Waals surface area contributed by atoms with E-state index in [0.29, 0.717) is 29.2 Å². The van der Waals surface area contributed by atoms with Gasteiger partial charge in [0.25, 0.3) is 0 Å². The lowest BCUT2D eigenvalue weighted by Crippen LogP contribution is -2.58. The normalized spacial score (nSPS) is 19.0. The van der Waals surface area contributed by atoms with Crippen LogP contribution in [-0.4, -0.2) is 24.4 Å². The third-order valence-electron chi connectivity index (χ3n) is 4.73. The number of hydrogen-bond donors (Lipinski definition) is 2. The standard InChI is InChI=1S/C20H22ClN3O2.ClH/c1-20(22,14-8-3-2-4-9-14)19(26)23-16-11-7-13-24(18(16)25)17-12-6-5-10-15(17)21;/h2-6,8-10,12,16H,7,11,13,22H2,1H3,(H,23,26);1H. The average Bonchev–Trinajstić information content (AvgIpc) is 2.65. The van der Waals surface area contributed by atoms with Crippen LogP contribution >= 0.6 is 24.0 Å². The van der Waals surface area contributed by atoms with Gasteiger partial charge in [-0.25, -0.2) is 0 Å². The van der Waals surface area contributed by atoms with E-state index in [0.717, 1.165) is 6.42 Å². The summed E-state index contributed by atoms with van der Waals surface area (Å²) in [5, 5.41) is 3.34. The molecule has 1 aliphatic rings. The van der Waals surface area contributed by atoms with E-state index >= 15 is 0 Å². The number of anilines is 1. The van der Waals surface area contributed by atoms with E-state index in [-0.39, 0.29) is 24.2 Å². The van der Waals surface area contributed by atoms with Gasteiger partial charge in [0.15, 0.2) is 0 Å². The Kier molecular flexibility index (Phi) is 6.87. The van der Waals surface area contributed by atoms with Crippen molar-refractivity contribution in [3.05, 3.63) is 65.2 Å². The number of amides is 2. The molecule has 2 amide bonds. The smallest absolute Gasteiger partial charge is 0.249 e. The predicted molar refractivity (Wildman–Crippen MR) is 110 cm³/mol. The van der Waals surface area contributed by atoms with Crippen molar-refractivity contribution in [2.45, 2.75) is 31.3 Å². The molecule has 0 radical (unpaired) electrons. The van der Waals surface area contributed by atoms with Crippen molar-refractivity contribution < 1.29 is 9.59 Å². The third kappa shape index (κ3) is 4.43.